The molecule has 3 rings (SSSR count). The number of halogens is 1. The minimum atomic E-state index is -0.287. The van der Waals surface area contributed by atoms with Crippen molar-refractivity contribution >= 4 is 5.69 Å². The van der Waals surface area contributed by atoms with Crippen LogP contribution in [-0.2, 0) is 6.54 Å². The van der Waals surface area contributed by atoms with E-state index in [1.54, 1.807) is 6.07 Å². The van der Waals surface area contributed by atoms with E-state index in [1.165, 1.54) is 5.56 Å². The van der Waals surface area contributed by atoms with E-state index in [0.717, 1.165) is 28.8 Å². The number of aryl methyl sites for hydroxylation is 1. The Balaban J connectivity index is 0.00000261. The van der Waals surface area contributed by atoms with Crippen molar-refractivity contribution < 1.29 is 26.5 Å². The van der Waals surface area contributed by atoms with Crippen molar-refractivity contribution in [2.24, 2.45) is 0 Å². The van der Waals surface area contributed by atoms with E-state index < -0.39 is 0 Å². The molecule has 0 bridgehead atoms. The smallest absolute Gasteiger partial charge is 0.273 e. The van der Waals surface area contributed by atoms with Gasteiger partial charge in [0.15, 0.2) is 18.9 Å². The number of hydrogen-bond acceptors (Lipinski definition) is 2. The SMILES string of the molecule is Cc1cc([N+](=O)[O-])c(C(C)C)cc1-c1cc[n+](Cc2ccccc2)cc1.[Br-]. The zero-order chi connectivity index (χ0) is 18.7. The van der Waals surface area contributed by atoms with E-state index in [4.69, 9.17) is 0 Å². The van der Waals surface area contributed by atoms with Gasteiger partial charge < -0.3 is 17.0 Å². The number of nitrogens with zero attached hydrogens (tertiary/aromatic N) is 2. The Kier molecular flexibility index (Phi) is 6.86. The maximum atomic E-state index is 11.3. The number of nitro groups is 1. The van der Waals surface area contributed by atoms with Crippen LogP contribution in [0.15, 0.2) is 67.0 Å². The van der Waals surface area contributed by atoms with Gasteiger partial charge in [0.05, 0.1) is 4.92 Å². The Hall–Kier alpha value is -2.53. The average Bonchev–Trinajstić information content (AvgIpc) is 2.63. The van der Waals surface area contributed by atoms with Gasteiger partial charge in [-0.2, -0.15) is 0 Å². The third kappa shape index (κ3) is 4.80. The molecule has 0 N–H and O–H groups in total. The second-order valence-corrected chi connectivity index (χ2v) is 6.88. The molecule has 1 aromatic heterocycles. The molecule has 0 saturated heterocycles. The summed E-state index contributed by atoms with van der Waals surface area (Å²) in [6.45, 7) is 6.72. The molecule has 2 aromatic carbocycles. The Morgan fingerprint density at radius 3 is 2.22 bits per heavy atom. The van der Waals surface area contributed by atoms with Crippen LogP contribution in [0.2, 0.25) is 0 Å². The largest absolute Gasteiger partial charge is 1.00 e. The lowest BCUT2D eigenvalue weighted by Crippen LogP contribution is -3.00. The number of pyridine rings is 1. The van der Waals surface area contributed by atoms with Gasteiger partial charge in [-0.25, -0.2) is 4.57 Å². The number of hydrogen-bond donors (Lipinski definition) is 0. The minimum Gasteiger partial charge on any atom is -1.00 e. The van der Waals surface area contributed by atoms with Crippen molar-refractivity contribution in [3.63, 3.8) is 0 Å². The molecule has 3 aromatic rings. The molecule has 0 saturated carbocycles. The first-order valence-corrected chi connectivity index (χ1v) is 8.78. The van der Waals surface area contributed by atoms with Crippen molar-refractivity contribution in [2.45, 2.75) is 33.2 Å². The summed E-state index contributed by atoms with van der Waals surface area (Å²) >= 11 is 0. The van der Waals surface area contributed by atoms with Crippen molar-refractivity contribution in [1.82, 2.24) is 0 Å². The van der Waals surface area contributed by atoms with Gasteiger partial charge in [0.25, 0.3) is 5.69 Å². The molecule has 140 valence electrons. The molecule has 27 heavy (non-hydrogen) atoms. The molecule has 0 spiro atoms. The third-order valence-electron chi connectivity index (χ3n) is 4.60. The lowest BCUT2D eigenvalue weighted by atomic mass is 9.92. The standard InChI is InChI=1S/C22H23N2O2.BrH/c1-16(2)20-14-21(17(3)13-22(20)24(25)26)19-9-11-23(12-10-19)15-18-7-5-4-6-8-18;/h4-14,16H,15H2,1-3H3;1H/q+1;/p-1. The molecule has 0 aliphatic heterocycles. The summed E-state index contributed by atoms with van der Waals surface area (Å²) in [4.78, 5) is 11.1. The van der Waals surface area contributed by atoms with Crippen LogP contribution >= 0.6 is 0 Å². The predicted molar refractivity (Wildman–Crippen MR) is 103 cm³/mol. The van der Waals surface area contributed by atoms with Crippen LogP contribution in [0.4, 0.5) is 5.69 Å². The van der Waals surface area contributed by atoms with Gasteiger partial charge in [-0.15, -0.1) is 0 Å². The molecule has 0 fully saturated rings. The fourth-order valence-electron chi connectivity index (χ4n) is 3.18. The molecule has 5 heteroatoms. The maximum Gasteiger partial charge on any atom is 0.273 e. The van der Waals surface area contributed by atoms with Gasteiger partial charge in [0, 0.05) is 29.3 Å². The van der Waals surface area contributed by atoms with E-state index in [-0.39, 0.29) is 33.5 Å². The molecule has 0 aliphatic carbocycles. The highest BCUT2D eigenvalue weighted by Gasteiger charge is 2.19. The first kappa shape index (κ1) is 20.8. The van der Waals surface area contributed by atoms with Crippen molar-refractivity contribution in [1.29, 1.82) is 0 Å². The molecule has 0 radical (unpaired) electrons. The van der Waals surface area contributed by atoms with E-state index in [1.807, 2.05) is 45.0 Å². The van der Waals surface area contributed by atoms with E-state index >= 15 is 0 Å². The van der Waals surface area contributed by atoms with E-state index in [2.05, 4.69) is 41.2 Å². The van der Waals surface area contributed by atoms with Crippen LogP contribution in [0, 0.1) is 17.0 Å². The van der Waals surface area contributed by atoms with Gasteiger partial charge in [-0.1, -0.05) is 44.2 Å². The van der Waals surface area contributed by atoms with Gasteiger partial charge in [-0.3, -0.25) is 10.1 Å². The van der Waals surface area contributed by atoms with Crippen LogP contribution < -0.4 is 21.5 Å². The molecular formula is C22H23BrN2O2. The molecule has 0 atom stereocenters. The predicted octanol–water partition coefficient (Wildman–Crippen LogP) is 2.03. The van der Waals surface area contributed by atoms with E-state index in [9.17, 15) is 10.1 Å². The fraction of sp³-hybridized carbons (Fsp3) is 0.227. The average molecular weight is 427 g/mol. The molecule has 0 amide bonds. The van der Waals surface area contributed by atoms with Gasteiger partial charge in [0.1, 0.15) is 0 Å². The van der Waals surface area contributed by atoms with Crippen LogP contribution in [0.25, 0.3) is 11.1 Å². The number of aromatic nitrogens is 1. The maximum absolute atomic E-state index is 11.3. The fourth-order valence-corrected chi connectivity index (χ4v) is 3.18. The van der Waals surface area contributed by atoms with E-state index in [0.29, 0.717) is 0 Å². The number of rotatable bonds is 5. The van der Waals surface area contributed by atoms with Gasteiger partial charge in [-0.05, 0) is 35.6 Å². The highest BCUT2D eigenvalue weighted by atomic mass is 79.9. The molecule has 1 heterocycles. The van der Waals surface area contributed by atoms with Crippen molar-refractivity contribution in [2.75, 3.05) is 0 Å². The Morgan fingerprint density at radius 2 is 1.67 bits per heavy atom. The summed E-state index contributed by atoms with van der Waals surface area (Å²) in [5, 5.41) is 11.3. The van der Waals surface area contributed by atoms with Crippen LogP contribution in [0.5, 0.6) is 0 Å². The number of nitro benzene ring substituents is 1. The Morgan fingerprint density at radius 1 is 1.04 bits per heavy atom. The first-order valence-electron chi connectivity index (χ1n) is 8.78. The normalized spacial score (nSPS) is 10.5. The Labute approximate surface area is 170 Å². The van der Waals surface area contributed by atoms with Gasteiger partial charge >= 0.3 is 0 Å². The summed E-state index contributed by atoms with van der Waals surface area (Å²) in [6, 6.07) is 18.1. The van der Waals surface area contributed by atoms with Crippen LogP contribution in [0.3, 0.4) is 0 Å². The zero-order valence-corrected chi connectivity index (χ0v) is 17.3. The zero-order valence-electron chi connectivity index (χ0n) is 15.7. The molecule has 4 nitrogen and oxygen atoms in total. The highest BCUT2D eigenvalue weighted by Crippen LogP contribution is 2.33. The minimum absolute atomic E-state index is 0. The highest BCUT2D eigenvalue weighted by molar-refractivity contribution is 5.70. The quantitative estimate of drug-likeness (QED) is 0.356. The lowest BCUT2D eigenvalue weighted by Gasteiger charge is -2.12. The topological polar surface area (TPSA) is 47.0 Å². The second-order valence-electron chi connectivity index (χ2n) is 6.88. The lowest BCUT2D eigenvalue weighted by molar-refractivity contribution is -0.688. The third-order valence-corrected chi connectivity index (χ3v) is 4.60. The molecule has 0 unspecified atom stereocenters. The summed E-state index contributed by atoms with van der Waals surface area (Å²) in [7, 11) is 0. The van der Waals surface area contributed by atoms with Crippen LogP contribution in [0.1, 0.15) is 36.5 Å². The number of benzene rings is 2. The van der Waals surface area contributed by atoms with Crippen molar-refractivity contribution in [3.05, 3.63) is 93.8 Å². The summed E-state index contributed by atoms with van der Waals surface area (Å²) in [5.41, 5.74) is 5.27. The first-order chi connectivity index (χ1) is 12.5. The molecule has 0 aliphatic rings. The molecular weight excluding hydrogens is 404 g/mol. The van der Waals surface area contributed by atoms with Gasteiger partial charge in [0.2, 0.25) is 0 Å². The monoisotopic (exact) mass is 426 g/mol. The van der Waals surface area contributed by atoms with Crippen LogP contribution in [-0.4, -0.2) is 4.92 Å². The second kappa shape index (κ2) is 8.91. The van der Waals surface area contributed by atoms with Crippen molar-refractivity contribution in [3.8, 4) is 11.1 Å². The summed E-state index contributed by atoms with van der Waals surface area (Å²) in [5.74, 6) is 0.0986. The summed E-state index contributed by atoms with van der Waals surface area (Å²) < 4.78 is 2.13. The Bertz CT molecular complexity index is 923. The summed E-state index contributed by atoms with van der Waals surface area (Å²) in [6.07, 6.45) is 4.11.